The molecule has 96 valence electrons. The van der Waals surface area contributed by atoms with E-state index in [0.717, 1.165) is 34.9 Å². The van der Waals surface area contributed by atoms with E-state index in [2.05, 4.69) is 18.8 Å². The third kappa shape index (κ3) is 2.05. The van der Waals surface area contributed by atoms with Crippen LogP contribution in [0.4, 0.5) is 0 Å². The number of pyridine rings is 1. The highest BCUT2D eigenvalue weighted by atomic mass is 16.1. The van der Waals surface area contributed by atoms with Crippen molar-refractivity contribution >= 4 is 23.0 Å². The topological polar surface area (TPSA) is 47.0 Å². The summed E-state index contributed by atoms with van der Waals surface area (Å²) in [6.07, 6.45) is 2.19. The maximum absolute atomic E-state index is 12.2. The van der Waals surface area contributed by atoms with Gasteiger partial charge in [0.05, 0.1) is 11.2 Å². The normalized spacial score (nSPS) is 17.3. The Kier molecular flexibility index (Phi) is 2.52. The van der Waals surface area contributed by atoms with Gasteiger partial charge in [-0.2, -0.15) is 0 Å². The SMILES string of the molecule is CC1(C)CC(=O)c2cc3ccc(C=O)cc3nc2C1. The summed E-state index contributed by atoms with van der Waals surface area (Å²) in [6, 6.07) is 7.28. The van der Waals surface area contributed by atoms with Crippen LogP contribution in [0.5, 0.6) is 0 Å². The van der Waals surface area contributed by atoms with Gasteiger partial charge in [0.15, 0.2) is 5.78 Å². The molecule has 0 saturated heterocycles. The van der Waals surface area contributed by atoms with Gasteiger partial charge in [0.25, 0.3) is 0 Å². The van der Waals surface area contributed by atoms with E-state index >= 15 is 0 Å². The fraction of sp³-hybridized carbons (Fsp3) is 0.312. The summed E-state index contributed by atoms with van der Waals surface area (Å²) in [4.78, 5) is 27.6. The first-order chi connectivity index (χ1) is 8.98. The molecule has 0 amide bonds. The van der Waals surface area contributed by atoms with E-state index in [9.17, 15) is 9.59 Å². The Balaban J connectivity index is 2.23. The zero-order valence-corrected chi connectivity index (χ0v) is 11.1. The molecule has 0 spiro atoms. The second-order valence-corrected chi connectivity index (χ2v) is 5.99. The van der Waals surface area contributed by atoms with E-state index in [1.807, 2.05) is 12.1 Å². The third-order valence-electron chi connectivity index (χ3n) is 3.64. The molecule has 0 aliphatic heterocycles. The monoisotopic (exact) mass is 253 g/mol. The molecule has 0 N–H and O–H groups in total. The van der Waals surface area contributed by atoms with Gasteiger partial charge in [0.2, 0.25) is 0 Å². The zero-order chi connectivity index (χ0) is 13.6. The Morgan fingerprint density at radius 2 is 2.00 bits per heavy atom. The quantitative estimate of drug-likeness (QED) is 0.733. The summed E-state index contributed by atoms with van der Waals surface area (Å²) in [6.45, 7) is 4.17. The van der Waals surface area contributed by atoms with Crippen LogP contribution < -0.4 is 0 Å². The molecule has 2 aromatic rings. The highest BCUT2D eigenvalue weighted by Crippen LogP contribution is 2.35. The lowest BCUT2D eigenvalue weighted by Gasteiger charge is -2.29. The zero-order valence-electron chi connectivity index (χ0n) is 11.1. The van der Waals surface area contributed by atoms with Crippen molar-refractivity contribution in [1.29, 1.82) is 0 Å². The van der Waals surface area contributed by atoms with Crippen molar-refractivity contribution < 1.29 is 9.59 Å². The molecule has 1 heterocycles. The van der Waals surface area contributed by atoms with Crippen LogP contribution in [-0.4, -0.2) is 17.1 Å². The van der Waals surface area contributed by atoms with E-state index in [0.29, 0.717) is 12.0 Å². The number of aldehydes is 1. The number of nitrogens with zero attached hydrogens (tertiary/aromatic N) is 1. The summed E-state index contributed by atoms with van der Waals surface area (Å²) in [5.41, 5.74) is 2.96. The maximum Gasteiger partial charge on any atom is 0.165 e. The van der Waals surface area contributed by atoms with E-state index in [-0.39, 0.29) is 11.2 Å². The minimum Gasteiger partial charge on any atom is -0.298 e. The molecule has 0 radical (unpaired) electrons. The van der Waals surface area contributed by atoms with Crippen molar-refractivity contribution in [2.24, 2.45) is 5.41 Å². The lowest BCUT2D eigenvalue weighted by Crippen LogP contribution is -2.27. The number of aromatic nitrogens is 1. The number of benzene rings is 1. The Bertz CT molecular complexity index is 701. The molecule has 3 nitrogen and oxygen atoms in total. The van der Waals surface area contributed by atoms with Gasteiger partial charge in [-0.15, -0.1) is 0 Å². The van der Waals surface area contributed by atoms with Crippen molar-refractivity contribution in [3.8, 4) is 0 Å². The predicted octanol–water partition coefficient (Wildman–Crippen LogP) is 3.20. The Labute approximate surface area is 111 Å². The van der Waals surface area contributed by atoms with Gasteiger partial charge in [-0.25, -0.2) is 0 Å². The van der Waals surface area contributed by atoms with Crippen LogP contribution in [-0.2, 0) is 6.42 Å². The molecule has 1 aromatic carbocycles. The molecule has 3 rings (SSSR count). The molecular formula is C16H15NO2. The number of hydrogen-bond donors (Lipinski definition) is 0. The van der Waals surface area contributed by atoms with Crippen LogP contribution in [0.2, 0.25) is 0 Å². The number of rotatable bonds is 1. The van der Waals surface area contributed by atoms with Gasteiger partial charge in [-0.3, -0.25) is 14.6 Å². The Morgan fingerprint density at radius 3 is 2.74 bits per heavy atom. The first-order valence-corrected chi connectivity index (χ1v) is 6.41. The molecule has 1 aromatic heterocycles. The van der Waals surface area contributed by atoms with Crippen LogP contribution in [0, 0.1) is 5.41 Å². The number of carbonyl (C=O) groups excluding carboxylic acids is 2. The minimum atomic E-state index is -0.0347. The molecule has 0 atom stereocenters. The van der Waals surface area contributed by atoms with Crippen molar-refractivity contribution in [1.82, 2.24) is 4.98 Å². The number of fused-ring (bicyclic) bond motifs is 2. The standard InChI is InChI=1S/C16H15NO2/c1-16(2)7-14-12(15(19)8-16)6-11-4-3-10(9-18)5-13(11)17-14/h3-6,9H,7-8H2,1-2H3. The van der Waals surface area contributed by atoms with Crippen LogP contribution in [0.1, 0.15) is 46.7 Å². The number of carbonyl (C=O) groups is 2. The third-order valence-corrected chi connectivity index (χ3v) is 3.64. The average Bonchev–Trinajstić information content (AvgIpc) is 2.35. The molecular weight excluding hydrogens is 238 g/mol. The second kappa shape index (κ2) is 3.98. The van der Waals surface area contributed by atoms with Gasteiger partial charge in [0.1, 0.15) is 6.29 Å². The smallest absolute Gasteiger partial charge is 0.165 e. The molecule has 1 aliphatic carbocycles. The highest BCUT2D eigenvalue weighted by Gasteiger charge is 2.31. The van der Waals surface area contributed by atoms with Gasteiger partial charge in [0, 0.05) is 22.9 Å². The first-order valence-electron chi connectivity index (χ1n) is 6.41. The lowest BCUT2D eigenvalue weighted by molar-refractivity contribution is 0.0910. The van der Waals surface area contributed by atoms with Crippen molar-refractivity contribution in [2.45, 2.75) is 26.7 Å². The molecule has 0 fully saturated rings. The number of hydrogen-bond acceptors (Lipinski definition) is 3. The first kappa shape index (κ1) is 12.0. The van der Waals surface area contributed by atoms with Crippen molar-refractivity contribution in [2.75, 3.05) is 0 Å². The van der Waals surface area contributed by atoms with Gasteiger partial charge >= 0.3 is 0 Å². The lowest BCUT2D eigenvalue weighted by atomic mass is 9.75. The van der Waals surface area contributed by atoms with Crippen LogP contribution in [0.15, 0.2) is 24.3 Å². The van der Waals surface area contributed by atoms with E-state index in [1.54, 1.807) is 12.1 Å². The van der Waals surface area contributed by atoms with Gasteiger partial charge in [-0.05, 0) is 24.0 Å². The summed E-state index contributed by atoms with van der Waals surface area (Å²) in [5, 5.41) is 0.914. The van der Waals surface area contributed by atoms with Crippen LogP contribution in [0.3, 0.4) is 0 Å². The van der Waals surface area contributed by atoms with Crippen LogP contribution >= 0.6 is 0 Å². The minimum absolute atomic E-state index is 0.0347. The number of ketones is 1. The summed E-state index contributed by atoms with van der Waals surface area (Å²) < 4.78 is 0. The molecule has 1 aliphatic rings. The molecule has 0 bridgehead atoms. The Morgan fingerprint density at radius 1 is 1.21 bits per heavy atom. The van der Waals surface area contributed by atoms with Crippen LogP contribution in [0.25, 0.3) is 10.9 Å². The van der Waals surface area contributed by atoms with Crippen molar-refractivity contribution in [3.63, 3.8) is 0 Å². The fourth-order valence-corrected chi connectivity index (χ4v) is 2.72. The van der Waals surface area contributed by atoms with E-state index in [1.165, 1.54) is 0 Å². The van der Waals surface area contributed by atoms with Gasteiger partial charge in [-0.1, -0.05) is 26.0 Å². The fourth-order valence-electron chi connectivity index (χ4n) is 2.72. The van der Waals surface area contributed by atoms with Gasteiger partial charge < -0.3 is 0 Å². The van der Waals surface area contributed by atoms with E-state index in [4.69, 9.17) is 0 Å². The summed E-state index contributed by atoms with van der Waals surface area (Å²) in [5.74, 6) is 0.167. The average molecular weight is 253 g/mol. The molecule has 19 heavy (non-hydrogen) atoms. The summed E-state index contributed by atoms with van der Waals surface area (Å²) >= 11 is 0. The Hall–Kier alpha value is -2.03. The van der Waals surface area contributed by atoms with Crippen molar-refractivity contribution in [3.05, 3.63) is 41.1 Å². The molecule has 0 saturated carbocycles. The highest BCUT2D eigenvalue weighted by molar-refractivity contribution is 6.01. The largest absolute Gasteiger partial charge is 0.298 e. The molecule has 3 heteroatoms. The van der Waals surface area contributed by atoms with E-state index < -0.39 is 0 Å². The number of Topliss-reactive ketones (excluding diaryl/α,β-unsaturated/α-hetero) is 1. The summed E-state index contributed by atoms with van der Waals surface area (Å²) in [7, 11) is 0. The molecule has 0 unspecified atom stereocenters. The second-order valence-electron chi connectivity index (χ2n) is 5.99. The maximum atomic E-state index is 12.2. The predicted molar refractivity (Wildman–Crippen MR) is 73.6 cm³/mol.